The van der Waals surface area contributed by atoms with Gasteiger partial charge >= 0.3 is 0 Å². The van der Waals surface area contributed by atoms with Crippen LogP contribution < -0.4 is 0 Å². The average Bonchev–Trinajstić information content (AvgIpc) is 3.83. The first-order valence-corrected chi connectivity index (χ1v) is 24.3. The van der Waals surface area contributed by atoms with Gasteiger partial charge in [-0.25, -0.2) is 4.98 Å². The zero-order valence-electron chi connectivity index (χ0n) is 37.9. The molecular formula is C64H57N. The lowest BCUT2D eigenvalue weighted by atomic mass is 9.69. The Hall–Kier alpha value is -6.83. The van der Waals surface area contributed by atoms with E-state index in [4.69, 9.17) is 4.98 Å². The fourth-order valence-corrected chi connectivity index (χ4v) is 11.0. The number of hydrogen-bond acceptors (Lipinski definition) is 1. The molecule has 9 aromatic rings. The SMILES string of the molecule is CCCCCCc1ccc(-c2ccc3c(c2)C2(c4ccccc4-c4ccc(-c5ccc6ccc(-c7ccccc7)cc6n5)cc42)c2cc(-c4ccc(CCCCCC)cc4)ccc2-3)cc1. The minimum atomic E-state index is -0.519. The molecule has 0 saturated heterocycles. The Morgan fingerprint density at radius 3 is 1.37 bits per heavy atom. The molecule has 65 heavy (non-hydrogen) atoms. The van der Waals surface area contributed by atoms with Crippen LogP contribution in [0.2, 0.25) is 0 Å². The normalized spacial score (nSPS) is 12.9. The van der Waals surface area contributed by atoms with Crippen molar-refractivity contribution in [1.29, 1.82) is 0 Å². The molecular weight excluding hydrogens is 783 g/mol. The van der Waals surface area contributed by atoms with E-state index in [1.165, 1.54) is 140 Å². The molecule has 0 radical (unpaired) electrons. The highest BCUT2D eigenvalue weighted by Gasteiger charge is 2.52. The quantitative estimate of drug-likeness (QED) is 0.0994. The molecule has 0 aliphatic heterocycles. The fraction of sp³-hybridized carbons (Fsp3) is 0.203. The summed E-state index contributed by atoms with van der Waals surface area (Å²) >= 11 is 0. The minimum absolute atomic E-state index is 0.519. The summed E-state index contributed by atoms with van der Waals surface area (Å²) in [6.07, 6.45) is 12.5. The predicted octanol–water partition coefficient (Wildman–Crippen LogP) is 17.5. The van der Waals surface area contributed by atoms with Crippen LogP contribution in [0.5, 0.6) is 0 Å². The Balaban J connectivity index is 1.07. The van der Waals surface area contributed by atoms with Crippen LogP contribution in [-0.4, -0.2) is 4.98 Å². The van der Waals surface area contributed by atoms with Crippen molar-refractivity contribution in [1.82, 2.24) is 4.98 Å². The zero-order chi connectivity index (χ0) is 43.7. The van der Waals surface area contributed by atoms with E-state index in [-0.39, 0.29) is 0 Å². The van der Waals surface area contributed by atoms with E-state index in [0.717, 1.165) is 35.0 Å². The number of aromatic nitrogens is 1. The highest BCUT2D eigenvalue weighted by atomic mass is 14.7. The van der Waals surface area contributed by atoms with Crippen molar-refractivity contribution in [3.63, 3.8) is 0 Å². The van der Waals surface area contributed by atoms with Gasteiger partial charge in [-0.3, -0.25) is 0 Å². The Labute approximate surface area is 385 Å². The van der Waals surface area contributed by atoms with Crippen LogP contribution in [0, 0.1) is 0 Å². The third-order valence-electron chi connectivity index (χ3n) is 14.5. The van der Waals surface area contributed by atoms with Crippen molar-refractivity contribution < 1.29 is 0 Å². The van der Waals surface area contributed by atoms with E-state index in [0.29, 0.717) is 0 Å². The van der Waals surface area contributed by atoms with Gasteiger partial charge < -0.3 is 0 Å². The number of benzene rings is 8. The summed E-state index contributed by atoms with van der Waals surface area (Å²) in [5.74, 6) is 0. The summed E-state index contributed by atoms with van der Waals surface area (Å²) in [7, 11) is 0. The maximum atomic E-state index is 5.39. The van der Waals surface area contributed by atoms with Gasteiger partial charge in [-0.2, -0.15) is 0 Å². The first-order chi connectivity index (χ1) is 32.1. The molecule has 1 heteroatoms. The summed E-state index contributed by atoms with van der Waals surface area (Å²) < 4.78 is 0. The van der Waals surface area contributed by atoms with Crippen LogP contribution in [0.4, 0.5) is 0 Å². The highest BCUT2D eigenvalue weighted by molar-refractivity contribution is 5.98. The van der Waals surface area contributed by atoms with Gasteiger partial charge in [0.2, 0.25) is 0 Å². The molecule has 1 spiro atoms. The molecule has 8 aromatic carbocycles. The molecule has 2 aliphatic rings. The fourth-order valence-electron chi connectivity index (χ4n) is 11.0. The van der Waals surface area contributed by atoms with Gasteiger partial charge in [-0.05, 0) is 145 Å². The molecule has 1 aromatic heterocycles. The topological polar surface area (TPSA) is 12.9 Å². The van der Waals surface area contributed by atoms with Crippen molar-refractivity contribution in [3.8, 4) is 66.9 Å². The maximum absolute atomic E-state index is 5.39. The maximum Gasteiger partial charge on any atom is 0.0726 e. The van der Waals surface area contributed by atoms with E-state index in [2.05, 4.69) is 202 Å². The summed E-state index contributed by atoms with van der Waals surface area (Å²) in [5.41, 5.74) is 23.5. The van der Waals surface area contributed by atoms with Crippen molar-refractivity contribution in [3.05, 3.63) is 221 Å². The summed E-state index contributed by atoms with van der Waals surface area (Å²) in [6.45, 7) is 4.57. The number of nitrogens with zero attached hydrogens (tertiary/aromatic N) is 1. The summed E-state index contributed by atoms with van der Waals surface area (Å²) in [4.78, 5) is 5.39. The van der Waals surface area contributed by atoms with Crippen LogP contribution in [0.15, 0.2) is 188 Å². The van der Waals surface area contributed by atoms with E-state index in [1.807, 2.05) is 0 Å². The summed E-state index contributed by atoms with van der Waals surface area (Å²) in [5, 5.41) is 1.14. The van der Waals surface area contributed by atoms with Gasteiger partial charge in [0.15, 0.2) is 0 Å². The second kappa shape index (κ2) is 17.6. The smallest absolute Gasteiger partial charge is 0.0726 e. The Morgan fingerprint density at radius 1 is 0.338 bits per heavy atom. The van der Waals surface area contributed by atoms with Crippen molar-refractivity contribution in [2.75, 3.05) is 0 Å². The lowest BCUT2D eigenvalue weighted by Gasteiger charge is -2.31. The highest BCUT2D eigenvalue weighted by Crippen LogP contribution is 2.64. The Bertz CT molecular complexity index is 3050. The van der Waals surface area contributed by atoms with Crippen LogP contribution >= 0.6 is 0 Å². The molecule has 0 atom stereocenters. The van der Waals surface area contributed by atoms with Gasteiger partial charge in [-0.15, -0.1) is 0 Å². The largest absolute Gasteiger partial charge is 0.248 e. The van der Waals surface area contributed by atoms with Gasteiger partial charge in [0, 0.05) is 10.9 Å². The van der Waals surface area contributed by atoms with Crippen molar-refractivity contribution in [2.45, 2.75) is 83.5 Å². The molecule has 0 N–H and O–H groups in total. The third kappa shape index (κ3) is 7.42. The lowest BCUT2D eigenvalue weighted by Crippen LogP contribution is -2.26. The average molecular weight is 840 g/mol. The Morgan fingerprint density at radius 2 is 0.785 bits per heavy atom. The van der Waals surface area contributed by atoms with Gasteiger partial charge in [0.05, 0.1) is 16.6 Å². The van der Waals surface area contributed by atoms with Crippen molar-refractivity contribution >= 4 is 10.9 Å². The zero-order valence-corrected chi connectivity index (χ0v) is 37.9. The van der Waals surface area contributed by atoms with Gasteiger partial charge in [0.25, 0.3) is 0 Å². The molecule has 318 valence electrons. The van der Waals surface area contributed by atoms with E-state index in [9.17, 15) is 0 Å². The number of pyridine rings is 1. The predicted molar refractivity (Wildman–Crippen MR) is 275 cm³/mol. The molecule has 0 fully saturated rings. The third-order valence-corrected chi connectivity index (χ3v) is 14.5. The molecule has 11 rings (SSSR count). The first kappa shape index (κ1) is 40.9. The molecule has 2 aliphatic carbocycles. The number of unbranched alkanes of at least 4 members (excludes halogenated alkanes) is 6. The number of fused-ring (bicyclic) bond motifs is 11. The van der Waals surface area contributed by atoms with Gasteiger partial charge in [0.1, 0.15) is 0 Å². The molecule has 0 bridgehead atoms. The second-order valence-electron chi connectivity index (χ2n) is 18.6. The second-order valence-corrected chi connectivity index (χ2v) is 18.6. The van der Waals surface area contributed by atoms with Crippen molar-refractivity contribution in [2.24, 2.45) is 0 Å². The number of rotatable bonds is 14. The molecule has 1 nitrogen and oxygen atoms in total. The van der Waals surface area contributed by atoms with E-state index >= 15 is 0 Å². The first-order valence-electron chi connectivity index (χ1n) is 24.3. The van der Waals surface area contributed by atoms with Crippen LogP contribution in [-0.2, 0) is 18.3 Å². The standard InChI is InChI=1S/C64H57N/c1-3-5-7-10-16-44-22-26-47(27-23-44)50-32-36-56-57-37-33-51(48-28-24-45(25-29-48)17-11-8-6-4-2)41-60(57)64(59(56)40-50)58-21-15-14-20-54(58)55-38-34-53(42-61(55)64)62-39-35-49-30-31-52(43-63(49)65-62)46-18-12-9-13-19-46/h9,12-15,18-43H,3-8,10-11,16-17H2,1-2H3. The Kier molecular flexibility index (Phi) is 11.1. The number of aryl methyl sites for hydroxylation is 2. The van der Waals surface area contributed by atoms with Gasteiger partial charge in [-0.1, -0.05) is 210 Å². The molecule has 0 saturated carbocycles. The molecule has 0 unspecified atom stereocenters. The van der Waals surface area contributed by atoms with Crippen LogP contribution in [0.25, 0.3) is 77.8 Å². The number of hydrogen-bond donors (Lipinski definition) is 0. The lowest BCUT2D eigenvalue weighted by molar-refractivity contribution is 0.667. The molecule has 0 amide bonds. The monoisotopic (exact) mass is 839 g/mol. The van der Waals surface area contributed by atoms with E-state index in [1.54, 1.807) is 0 Å². The summed E-state index contributed by atoms with van der Waals surface area (Å²) in [6, 6.07) is 71.4. The van der Waals surface area contributed by atoms with Crippen LogP contribution in [0.3, 0.4) is 0 Å². The van der Waals surface area contributed by atoms with E-state index < -0.39 is 5.41 Å². The molecule has 1 heterocycles. The minimum Gasteiger partial charge on any atom is -0.248 e. The van der Waals surface area contributed by atoms with Crippen LogP contribution in [0.1, 0.15) is 98.6 Å².